The summed E-state index contributed by atoms with van der Waals surface area (Å²) in [5.74, 6) is -0.215. The molecule has 22 heavy (non-hydrogen) atoms. The summed E-state index contributed by atoms with van der Waals surface area (Å²) in [6.07, 6.45) is 4.18. The van der Waals surface area contributed by atoms with Gasteiger partial charge < -0.3 is 10.6 Å². The first kappa shape index (κ1) is 15.0. The molecule has 2 heterocycles. The van der Waals surface area contributed by atoms with Crippen LogP contribution in [-0.2, 0) is 22.4 Å². The van der Waals surface area contributed by atoms with Crippen molar-refractivity contribution in [3.8, 4) is 6.07 Å². The number of rotatable bonds is 3. The van der Waals surface area contributed by atoms with Gasteiger partial charge in [-0.2, -0.15) is 5.26 Å². The van der Waals surface area contributed by atoms with Crippen LogP contribution in [0.4, 0.5) is 5.00 Å². The number of carbonyl (C=O) groups is 2. The highest BCUT2D eigenvalue weighted by Gasteiger charge is 2.23. The van der Waals surface area contributed by atoms with E-state index >= 15 is 0 Å². The average Bonchev–Trinajstić information content (AvgIpc) is 2.83. The number of carbonyl (C=O) groups excluding carboxylic acids is 2. The molecule has 0 spiro atoms. The molecule has 0 radical (unpaired) electrons. The van der Waals surface area contributed by atoms with E-state index in [1.165, 1.54) is 16.2 Å². The maximum absolute atomic E-state index is 12.2. The van der Waals surface area contributed by atoms with Crippen LogP contribution in [0.5, 0.6) is 0 Å². The number of nitrogens with one attached hydrogen (secondary N) is 2. The third-order valence-electron chi connectivity index (χ3n) is 4.02. The van der Waals surface area contributed by atoms with Gasteiger partial charge in [0.2, 0.25) is 11.8 Å². The minimum absolute atomic E-state index is 0.0525. The predicted octanol–water partition coefficient (Wildman–Crippen LogP) is 0.869. The van der Waals surface area contributed by atoms with E-state index in [1.807, 2.05) is 4.90 Å². The molecular weight excluding hydrogens is 300 g/mol. The van der Waals surface area contributed by atoms with Crippen LogP contribution in [0.3, 0.4) is 0 Å². The largest absolute Gasteiger partial charge is 0.354 e. The predicted molar refractivity (Wildman–Crippen MR) is 83.8 cm³/mol. The van der Waals surface area contributed by atoms with Gasteiger partial charge >= 0.3 is 0 Å². The molecule has 6 nitrogen and oxygen atoms in total. The van der Waals surface area contributed by atoms with Crippen molar-refractivity contribution >= 4 is 28.2 Å². The Labute approximate surface area is 133 Å². The van der Waals surface area contributed by atoms with Gasteiger partial charge in [-0.15, -0.1) is 11.3 Å². The van der Waals surface area contributed by atoms with Crippen LogP contribution in [0.1, 0.15) is 28.8 Å². The van der Waals surface area contributed by atoms with Crippen molar-refractivity contribution in [3.05, 3.63) is 16.0 Å². The van der Waals surface area contributed by atoms with Crippen molar-refractivity contribution in [3.63, 3.8) is 0 Å². The normalized spacial score (nSPS) is 18.2. The van der Waals surface area contributed by atoms with Crippen LogP contribution in [0, 0.1) is 11.3 Å². The quantitative estimate of drug-likeness (QED) is 0.866. The molecular formula is C15H18N4O2S. The van der Waals surface area contributed by atoms with Gasteiger partial charge in [0.25, 0.3) is 0 Å². The third kappa shape index (κ3) is 3.13. The van der Waals surface area contributed by atoms with Crippen molar-refractivity contribution in [1.82, 2.24) is 10.2 Å². The topological polar surface area (TPSA) is 85.2 Å². The fourth-order valence-electron chi connectivity index (χ4n) is 2.97. The van der Waals surface area contributed by atoms with Gasteiger partial charge in [-0.25, -0.2) is 0 Å². The molecule has 0 unspecified atom stereocenters. The summed E-state index contributed by atoms with van der Waals surface area (Å²) in [7, 11) is 0. The average molecular weight is 318 g/mol. The highest BCUT2D eigenvalue weighted by molar-refractivity contribution is 7.16. The number of fused-ring (bicyclic) bond motifs is 1. The highest BCUT2D eigenvalue weighted by Crippen LogP contribution is 2.37. The molecule has 1 aromatic heterocycles. The van der Waals surface area contributed by atoms with E-state index in [0.29, 0.717) is 23.7 Å². The van der Waals surface area contributed by atoms with E-state index in [2.05, 4.69) is 16.7 Å². The van der Waals surface area contributed by atoms with E-state index in [9.17, 15) is 14.9 Å². The number of nitriles is 1. The third-order valence-corrected chi connectivity index (χ3v) is 5.23. The van der Waals surface area contributed by atoms with Crippen LogP contribution >= 0.6 is 11.3 Å². The van der Waals surface area contributed by atoms with E-state index in [-0.39, 0.29) is 24.9 Å². The standard InChI is InChI=1S/C15H18N4O2S/c16-7-11-10-3-1-2-4-12(10)22-15(11)18-14(21)9-19-6-5-17-13(20)8-19/h1-6,8-9H2,(H,17,20)(H,18,21). The lowest BCUT2D eigenvalue weighted by atomic mass is 9.96. The molecule has 2 aliphatic rings. The fourth-order valence-corrected chi connectivity index (χ4v) is 4.22. The number of anilines is 1. The van der Waals surface area contributed by atoms with Crippen molar-refractivity contribution in [2.24, 2.45) is 0 Å². The maximum atomic E-state index is 12.2. The second-order valence-electron chi connectivity index (χ2n) is 5.64. The molecule has 1 fully saturated rings. The Bertz CT molecular complexity index is 647. The summed E-state index contributed by atoms with van der Waals surface area (Å²) in [6, 6.07) is 2.24. The number of piperazine rings is 1. The molecule has 116 valence electrons. The SMILES string of the molecule is N#Cc1c(NC(=O)CN2CCNC(=O)C2)sc2c1CCCC2. The zero-order valence-corrected chi connectivity index (χ0v) is 13.1. The number of hydrogen-bond donors (Lipinski definition) is 2. The second kappa shape index (κ2) is 6.46. The van der Waals surface area contributed by atoms with Crippen LogP contribution in [0.25, 0.3) is 0 Å². The Kier molecular flexibility index (Phi) is 4.41. The summed E-state index contributed by atoms with van der Waals surface area (Å²) in [4.78, 5) is 26.5. The van der Waals surface area contributed by atoms with Crippen molar-refractivity contribution < 1.29 is 9.59 Å². The van der Waals surface area contributed by atoms with Gasteiger partial charge in [0.05, 0.1) is 18.7 Å². The molecule has 0 aromatic carbocycles. The second-order valence-corrected chi connectivity index (χ2v) is 6.74. The van der Waals surface area contributed by atoms with Crippen LogP contribution < -0.4 is 10.6 Å². The Hall–Kier alpha value is -1.91. The van der Waals surface area contributed by atoms with Crippen molar-refractivity contribution in [2.75, 3.05) is 31.5 Å². The van der Waals surface area contributed by atoms with Crippen LogP contribution in [0.15, 0.2) is 0 Å². The first-order valence-electron chi connectivity index (χ1n) is 7.51. The molecule has 1 aliphatic carbocycles. The maximum Gasteiger partial charge on any atom is 0.239 e. The van der Waals surface area contributed by atoms with E-state index in [0.717, 1.165) is 31.2 Å². The molecule has 1 saturated heterocycles. The monoisotopic (exact) mass is 318 g/mol. The van der Waals surface area contributed by atoms with Crippen LogP contribution in [-0.4, -0.2) is 42.9 Å². The molecule has 0 atom stereocenters. The van der Waals surface area contributed by atoms with Crippen molar-refractivity contribution in [2.45, 2.75) is 25.7 Å². The molecule has 1 aliphatic heterocycles. The van der Waals surface area contributed by atoms with E-state index < -0.39 is 0 Å². The number of hydrogen-bond acceptors (Lipinski definition) is 5. The Morgan fingerprint density at radius 3 is 3.00 bits per heavy atom. The van der Waals surface area contributed by atoms with Crippen molar-refractivity contribution in [1.29, 1.82) is 5.26 Å². The first-order chi connectivity index (χ1) is 10.7. The van der Waals surface area contributed by atoms with Gasteiger partial charge in [0.15, 0.2) is 0 Å². The summed E-state index contributed by atoms with van der Waals surface area (Å²) in [6.45, 7) is 1.67. The summed E-state index contributed by atoms with van der Waals surface area (Å²) in [5.41, 5.74) is 1.75. The fraction of sp³-hybridized carbons (Fsp3) is 0.533. The molecule has 7 heteroatoms. The van der Waals surface area contributed by atoms with Gasteiger partial charge in [-0.1, -0.05) is 0 Å². The number of thiophene rings is 1. The van der Waals surface area contributed by atoms with Crippen LogP contribution in [0.2, 0.25) is 0 Å². The first-order valence-corrected chi connectivity index (χ1v) is 8.32. The zero-order valence-electron chi connectivity index (χ0n) is 12.3. The number of aryl methyl sites for hydroxylation is 1. The zero-order chi connectivity index (χ0) is 15.5. The lowest BCUT2D eigenvalue weighted by molar-refractivity contribution is -0.125. The molecule has 0 saturated carbocycles. The van der Waals surface area contributed by atoms with Gasteiger partial charge in [-0.3, -0.25) is 14.5 Å². The van der Waals surface area contributed by atoms with Gasteiger partial charge in [-0.05, 0) is 31.2 Å². The van der Waals surface area contributed by atoms with E-state index in [1.54, 1.807) is 0 Å². The van der Waals surface area contributed by atoms with Gasteiger partial charge in [0, 0.05) is 18.0 Å². The Balaban J connectivity index is 1.68. The number of amides is 2. The summed E-state index contributed by atoms with van der Waals surface area (Å²) in [5, 5.41) is 15.6. The molecule has 3 rings (SSSR count). The summed E-state index contributed by atoms with van der Waals surface area (Å²) < 4.78 is 0. The molecule has 2 amide bonds. The lowest BCUT2D eigenvalue weighted by Crippen LogP contribution is -2.49. The Morgan fingerprint density at radius 2 is 2.23 bits per heavy atom. The minimum Gasteiger partial charge on any atom is -0.354 e. The highest BCUT2D eigenvalue weighted by atomic mass is 32.1. The lowest BCUT2D eigenvalue weighted by Gasteiger charge is -2.25. The smallest absolute Gasteiger partial charge is 0.239 e. The van der Waals surface area contributed by atoms with E-state index in [4.69, 9.17) is 0 Å². The Morgan fingerprint density at radius 1 is 1.41 bits per heavy atom. The molecule has 2 N–H and O–H groups in total. The molecule has 0 bridgehead atoms. The summed E-state index contributed by atoms with van der Waals surface area (Å²) >= 11 is 1.53. The molecule has 1 aromatic rings. The minimum atomic E-state index is -0.162. The van der Waals surface area contributed by atoms with Gasteiger partial charge in [0.1, 0.15) is 11.1 Å². The number of nitrogens with zero attached hydrogens (tertiary/aromatic N) is 2.